The van der Waals surface area contributed by atoms with Crippen LogP contribution >= 0.6 is 0 Å². The van der Waals surface area contributed by atoms with Crippen molar-refractivity contribution in [2.24, 2.45) is 5.92 Å². The third kappa shape index (κ3) is 4.15. The summed E-state index contributed by atoms with van der Waals surface area (Å²) in [7, 11) is -0.155. The van der Waals surface area contributed by atoms with E-state index in [4.69, 9.17) is 9.31 Å². The lowest BCUT2D eigenvalue weighted by Gasteiger charge is -2.27. The van der Waals surface area contributed by atoms with Crippen molar-refractivity contribution >= 4 is 12.6 Å². The quantitative estimate of drug-likeness (QED) is 0.567. The molecule has 0 atom stereocenters. The second-order valence-electron chi connectivity index (χ2n) is 5.12. The Bertz CT molecular complexity index is 321. The van der Waals surface area contributed by atoms with Gasteiger partial charge in [0.2, 0.25) is 0 Å². The Morgan fingerprint density at radius 2 is 1.78 bits per heavy atom. The van der Waals surface area contributed by atoms with E-state index in [0.717, 1.165) is 18.7 Å². The highest BCUT2D eigenvalue weighted by atomic mass is 16.6. The highest BCUT2D eigenvalue weighted by molar-refractivity contribution is 6.61. The van der Waals surface area contributed by atoms with E-state index in [2.05, 4.69) is 19.1 Å². The van der Waals surface area contributed by atoms with Gasteiger partial charge in [0.1, 0.15) is 0 Å². The Hall–Kier alpha value is -0.795. The van der Waals surface area contributed by atoms with Gasteiger partial charge in [0.15, 0.2) is 0 Å². The summed E-state index contributed by atoms with van der Waals surface area (Å²) in [6, 6.07) is 10.2. The maximum atomic E-state index is 5.81. The predicted molar refractivity (Wildman–Crippen MR) is 76.0 cm³/mol. The van der Waals surface area contributed by atoms with Gasteiger partial charge in [0.25, 0.3) is 0 Å². The largest absolute Gasteiger partial charge is 0.493 e. The van der Waals surface area contributed by atoms with E-state index in [1.54, 1.807) is 0 Å². The first-order valence-electron chi connectivity index (χ1n) is 7.18. The highest BCUT2D eigenvalue weighted by Gasteiger charge is 2.28. The molecule has 0 unspecified atom stereocenters. The van der Waals surface area contributed by atoms with Crippen LogP contribution in [-0.2, 0) is 9.31 Å². The van der Waals surface area contributed by atoms with Crippen molar-refractivity contribution in [2.45, 2.75) is 39.0 Å². The standard InChI is InChI=1S/C15H23BO2/c1-2-3-4-6-9-14-12-17-16(18-13-14)15-10-7-5-8-11-15/h5,7-8,10-11,14H,2-4,6,9,12-13H2,1H3. The average Bonchev–Trinajstić information content (AvgIpc) is 2.45. The number of hydrogen-bond acceptors (Lipinski definition) is 2. The Labute approximate surface area is 111 Å². The lowest BCUT2D eigenvalue weighted by molar-refractivity contribution is 0.0810. The zero-order chi connectivity index (χ0) is 12.6. The number of benzene rings is 1. The summed E-state index contributed by atoms with van der Waals surface area (Å²) in [4.78, 5) is 0. The van der Waals surface area contributed by atoms with E-state index in [1.807, 2.05) is 18.2 Å². The average molecular weight is 246 g/mol. The van der Waals surface area contributed by atoms with Gasteiger partial charge in [-0.25, -0.2) is 0 Å². The molecule has 0 bridgehead atoms. The van der Waals surface area contributed by atoms with Gasteiger partial charge in [-0.05, 0) is 11.9 Å². The summed E-state index contributed by atoms with van der Waals surface area (Å²) in [6.07, 6.45) is 6.53. The molecule has 3 heteroatoms. The van der Waals surface area contributed by atoms with Gasteiger partial charge in [0, 0.05) is 19.1 Å². The summed E-state index contributed by atoms with van der Waals surface area (Å²) < 4.78 is 11.6. The van der Waals surface area contributed by atoms with E-state index in [-0.39, 0.29) is 7.12 Å². The van der Waals surface area contributed by atoms with Crippen LogP contribution in [0.2, 0.25) is 0 Å². The van der Waals surface area contributed by atoms with Gasteiger partial charge < -0.3 is 9.31 Å². The minimum atomic E-state index is -0.155. The lowest BCUT2D eigenvalue weighted by atomic mass is 9.77. The summed E-state index contributed by atoms with van der Waals surface area (Å²) in [5, 5.41) is 0. The molecule has 1 saturated heterocycles. The maximum Gasteiger partial charge on any atom is 0.493 e. The van der Waals surface area contributed by atoms with E-state index in [9.17, 15) is 0 Å². The molecule has 0 aliphatic carbocycles. The SMILES string of the molecule is CCCCCCC1COB(c2ccccc2)OC1. The minimum Gasteiger partial charge on any atom is -0.407 e. The Balaban J connectivity index is 1.68. The normalized spacial score (nSPS) is 17.1. The molecular formula is C15H23BO2. The van der Waals surface area contributed by atoms with Crippen LogP contribution in [0.5, 0.6) is 0 Å². The summed E-state index contributed by atoms with van der Waals surface area (Å²) in [5.74, 6) is 0.585. The molecule has 0 radical (unpaired) electrons. The van der Waals surface area contributed by atoms with Crippen LogP contribution in [0.15, 0.2) is 30.3 Å². The third-order valence-electron chi connectivity index (χ3n) is 3.50. The smallest absolute Gasteiger partial charge is 0.407 e. The van der Waals surface area contributed by atoms with E-state index < -0.39 is 0 Å². The van der Waals surface area contributed by atoms with Crippen LogP contribution in [-0.4, -0.2) is 20.3 Å². The van der Waals surface area contributed by atoms with Gasteiger partial charge in [-0.1, -0.05) is 62.9 Å². The van der Waals surface area contributed by atoms with Crippen molar-refractivity contribution in [1.29, 1.82) is 0 Å². The van der Waals surface area contributed by atoms with Gasteiger partial charge in [-0.3, -0.25) is 0 Å². The molecule has 1 fully saturated rings. The van der Waals surface area contributed by atoms with Crippen molar-refractivity contribution in [3.8, 4) is 0 Å². The second kappa shape index (κ2) is 7.60. The molecule has 0 spiro atoms. The van der Waals surface area contributed by atoms with Crippen LogP contribution in [0, 0.1) is 5.92 Å². The van der Waals surface area contributed by atoms with Crippen LogP contribution in [0.3, 0.4) is 0 Å². The molecule has 1 aromatic rings. The molecule has 1 heterocycles. The topological polar surface area (TPSA) is 18.5 Å². The Morgan fingerprint density at radius 3 is 2.44 bits per heavy atom. The second-order valence-corrected chi connectivity index (χ2v) is 5.12. The molecule has 18 heavy (non-hydrogen) atoms. The zero-order valence-electron chi connectivity index (χ0n) is 11.3. The molecule has 98 valence electrons. The van der Waals surface area contributed by atoms with Crippen LogP contribution in [0.1, 0.15) is 39.0 Å². The van der Waals surface area contributed by atoms with Crippen LogP contribution in [0.4, 0.5) is 0 Å². The number of hydrogen-bond donors (Lipinski definition) is 0. The molecule has 0 saturated carbocycles. The predicted octanol–water partition coefficient (Wildman–Crippen LogP) is 3.02. The fourth-order valence-corrected chi connectivity index (χ4v) is 2.37. The first-order chi connectivity index (χ1) is 8.90. The summed E-state index contributed by atoms with van der Waals surface area (Å²) in [6.45, 7) is 3.93. The number of unbranched alkanes of at least 4 members (excludes halogenated alkanes) is 3. The monoisotopic (exact) mass is 246 g/mol. The fourth-order valence-electron chi connectivity index (χ4n) is 2.37. The molecule has 0 N–H and O–H groups in total. The van der Waals surface area contributed by atoms with Crippen molar-refractivity contribution in [3.05, 3.63) is 30.3 Å². The minimum absolute atomic E-state index is 0.155. The van der Waals surface area contributed by atoms with Crippen molar-refractivity contribution in [1.82, 2.24) is 0 Å². The molecule has 0 amide bonds. The third-order valence-corrected chi connectivity index (χ3v) is 3.50. The Kier molecular flexibility index (Phi) is 5.75. The van der Waals surface area contributed by atoms with Crippen molar-refractivity contribution < 1.29 is 9.31 Å². The van der Waals surface area contributed by atoms with E-state index in [1.165, 1.54) is 32.1 Å². The van der Waals surface area contributed by atoms with Gasteiger partial charge >= 0.3 is 7.12 Å². The summed E-state index contributed by atoms with van der Waals surface area (Å²) >= 11 is 0. The molecule has 1 aliphatic heterocycles. The molecule has 2 rings (SSSR count). The lowest BCUT2D eigenvalue weighted by Crippen LogP contribution is -2.44. The van der Waals surface area contributed by atoms with Gasteiger partial charge in [-0.15, -0.1) is 0 Å². The van der Waals surface area contributed by atoms with Crippen molar-refractivity contribution in [3.63, 3.8) is 0 Å². The summed E-state index contributed by atoms with van der Waals surface area (Å²) in [5.41, 5.74) is 1.13. The molecule has 2 nitrogen and oxygen atoms in total. The number of rotatable bonds is 6. The van der Waals surface area contributed by atoms with E-state index in [0.29, 0.717) is 5.92 Å². The molecule has 0 aromatic heterocycles. The van der Waals surface area contributed by atoms with Crippen LogP contribution < -0.4 is 5.46 Å². The first-order valence-corrected chi connectivity index (χ1v) is 7.18. The molecule has 1 aliphatic rings. The molecule has 1 aromatic carbocycles. The van der Waals surface area contributed by atoms with Gasteiger partial charge in [0.05, 0.1) is 0 Å². The van der Waals surface area contributed by atoms with Crippen LogP contribution in [0.25, 0.3) is 0 Å². The van der Waals surface area contributed by atoms with E-state index >= 15 is 0 Å². The molecular weight excluding hydrogens is 223 g/mol. The first kappa shape index (κ1) is 13.6. The Morgan fingerprint density at radius 1 is 1.06 bits per heavy atom. The fraction of sp³-hybridized carbons (Fsp3) is 0.600. The van der Waals surface area contributed by atoms with Gasteiger partial charge in [-0.2, -0.15) is 0 Å². The highest BCUT2D eigenvalue weighted by Crippen LogP contribution is 2.16. The maximum absolute atomic E-state index is 5.81. The zero-order valence-corrected chi connectivity index (χ0v) is 11.3. The van der Waals surface area contributed by atoms with Crippen molar-refractivity contribution in [2.75, 3.05) is 13.2 Å².